The van der Waals surface area contributed by atoms with Crippen molar-refractivity contribution in [1.29, 1.82) is 0 Å². The third-order valence-electron chi connectivity index (χ3n) is 6.63. The summed E-state index contributed by atoms with van der Waals surface area (Å²) in [7, 11) is 0. The molecule has 2 fully saturated rings. The Labute approximate surface area is 185 Å². The Morgan fingerprint density at radius 2 is 1.71 bits per heavy atom. The summed E-state index contributed by atoms with van der Waals surface area (Å²) < 4.78 is 11.5. The summed E-state index contributed by atoms with van der Waals surface area (Å²) in [5, 5.41) is 0. The van der Waals surface area contributed by atoms with Gasteiger partial charge in [0.1, 0.15) is 18.0 Å². The lowest BCUT2D eigenvalue weighted by Crippen LogP contribution is -2.44. The van der Waals surface area contributed by atoms with Crippen molar-refractivity contribution in [1.82, 2.24) is 4.90 Å². The fourth-order valence-corrected chi connectivity index (χ4v) is 5.04. The molecule has 0 radical (unpaired) electrons. The first-order valence-electron chi connectivity index (χ1n) is 11.9. The molecule has 1 aromatic carbocycles. The summed E-state index contributed by atoms with van der Waals surface area (Å²) in [4.78, 5) is 29.7. The number of rotatable bonds is 3. The van der Waals surface area contributed by atoms with Gasteiger partial charge in [-0.15, -0.1) is 0 Å². The molecule has 1 saturated carbocycles. The van der Waals surface area contributed by atoms with Gasteiger partial charge in [-0.2, -0.15) is 0 Å². The number of ether oxygens (including phenoxy) is 2. The van der Waals surface area contributed by atoms with E-state index in [0.29, 0.717) is 12.6 Å². The van der Waals surface area contributed by atoms with Crippen LogP contribution in [0.1, 0.15) is 76.1 Å². The number of fused-ring (bicyclic) bond motifs is 1. The Hall–Kier alpha value is -2.24. The van der Waals surface area contributed by atoms with E-state index in [4.69, 9.17) is 9.47 Å². The van der Waals surface area contributed by atoms with Gasteiger partial charge >= 0.3 is 5.97 Å². The molecule has 1 saturated heterocycles. The normalized spacial score (nSPS) is 24.2. The zero-order valence-electron chi connectivity index (χ0n) is 19.2. The minimum atomic E-state index is -0.430. The number of piperidine rings is 1. The fraction of sp³-hybridized carbons (Fsp3) is 0.680. The Balaban J connectivity index is 1.41. The summed E-state index contributed by atoms with van der Waals surface area (Å²) >= 11 is 0. The molecule has 2 heterocycles. The van der Waals surface area contributed by atoms with E-state index < -0.39 is 5.60 Å². The minimum absolute atomic E-state index is 0.000487. The maximum Gasteiger partial charge on any atom is 0.309 e. The van der Waals surface area contributed by atoms with Crippen molar-refractivity contribution < 1.29 is 19.1 Å². The highest BCUT2D eigenvalue weighted by Gasteiger charge is 2.34. The third-order valence-corrected chi connectivity index (χ3v) is 6.63. The van der Waals surface area contributed by atoms with Crippen molar-refractivity contribution in [2.24, 2.45) is 5.92 Å². The molecule has 0 unspecified atom stereocenters. The van der Waals surface area contributed by atoms with Crippen LogP contribution in [0.4, 0.5) is 5.69 Å². The summed E-state index contributed by atoms with van der Waals surface area (Å²) in [6.07, 6.45) is 7.05. The average molecular weight is 429 g/mol. The van der Waals surface area contributed by atoms with Crippen LogP contribution in [0.5, 0.6) is 5.75 Å². The Bertz CT molecular complexity index is 802. The van der Waals surface area contributed by atoms with Gasteiger partial charge in [0, 0.05) is 24.7 Å². The van der Waals surface area contributed by atoms with Crippen LogP contribution in [0, 0.1) is 5.92 Å². The molecule has 170 valence electrons. The van der Waals surface area contributed by atoms with Crippen molar-refractivity contribution in [3.05, 3.63) is 23.8 Å². The molecule has 0 bridgehead atoms. The van der Waals surface area contributed by atoms with E-state index >= 15 is 0 Å². The average Bonchev–Trinajstić information content (AvgIpc) is 2.77. The zero-order chi connectivity index (χ0) is 22.0. The van der Waals surface area contributed by atoms with Crippen LogP contribution in [0.15, 0.2) is 18.2 Å². The van der Waals surface area contributed by atoms with Crippen LogP contribution in [0.3, 0.4) is 0 Å². The van der Waals surface area contributed by atoms with Crippen LogP contribution < -0.4 is 9.64 Å². The summed E-state index contributed by atoms with van der Waals surface area (Å²) in [6, 6.07) is 6.31. The maximum atomic E-state index is 12.9. The number of amides is 1. The predicted molar refractivity (Wildman–Crippen MR) is 121 cm³/mol. The van der Waals surface area contributed by atoms with E-state index in [1.165, 1.54) is 6.42 Å². The zero-order valence-corrected chi connectivity index (χ0v) is 19.2. The fourth-order valence-electron chi connectivity index (χ4n) is 5.04. The van der Waals surface area contributed by atoms with Crippen LogP contribution >= 0.6 is 0 Å². The smallest absolute Gasteiger partial charge is 0.309 e. The highest BCUT2D eigenvalue weighted by atomic mass is 16.6. The lowest BCUT2D eigenvalue weighted by molar-refractivity contribution is -0.161. The molecule has 0 atom stereocenters. The molecular weight excluding hydrogens is 392 g/mol. The first-order valence-corrected chi connectivity index (χ1v) is 11.9. The molecule has 6 heteroatoms. The quantitative estimate of drug-likeness (QED) is 0.668. The van der Waals surface area contributed by atoms with Crippen molar-refractivity contribution in [3.8, 4) is 5.75 Å². The highest BCUT2D eigenvalue weighted by molar-refractivity contribution is 5.95. The number of anilines is 1. The lowest BCUT2D eigenvalue weighted by Gasteiger charge is -2.41. The molecule has 2 aliphatic heterocycles. The van der Waals surface area contributed by atoms with Gasteiger partial charge in [-0.1, -0.05) is 0 Å². The third kappa shape index (κ3) is 5.16. The van der Waals surface area contributed by atoms with Gasteiger partial charge < -0.3 is 19.3 Å². The van der Waals surface area contributed by atoms with Crippen LogP contribution in [0.2, 0.25) is 0 Å². The van der Waals surface area contributed by atoms with E-state index in [1.54, 1.807) is 0 Å². The molecule has 0 aromatic heterocycles. The molecule has 6 nitrogen and oxygen atoms in total. The number of carbonyl (C=O) groups is 2. The number of esters is 1. The monoisotopic (exact) mass is 428 g/mol. The largest absolute Gasteiger partial charge is 0.490 e. The molecule has 1 aromatic rings. The topological polar surface area (TPSA) is 59.1 Å². The van der Waals surface area contributed by atoms with E-state index in [2.05, 4.69) is 4.90 Å². The Kier molecular flexibility index (Phi) is 6.44. The molecule has 0 N–H and O–H groups in total. The lowest BCUT2D eigenvalue weighted by atomic mass is 9.85. The van der Waals surface area contributed by atoms with Crippen molar-refractivity contribution in [2.75, 3.05) is 31.1 Å². The number of hydrogen-bond donors (Lipinski definition) is 0. The first-order chi connectivity index (χ1) is 14.8. The minimum Gasteiger partial charge on any atom is -0.490 e. The van der Waals surface area contributed by atoms with Crippen molar-refractivity contribution in [2.45, 2.75) is 77.4 Å². The summed E-state index contributed by atoms with van der Waals surface area (Å²) in [5.74, 6) is 0.860. The van der Waals surface area contributed by atoms with Crippen LogP contribution in [-0.2, 0) is 9.53 Å². The van der Waals surface area contributed by atoms with Crippen LogP contribution in [0.25, 0.3) is 0 Å². The standard InChI is InChI=1S/C25H36N2O4/c1-25(2,3)31-24(29)18-7-10-20(11-8-18)27-15-16-30-22-17-19(9-12-21(22)27)23(28)26-13-5-4-6-14-26/h9,12,17-18,20H,4-8,10-11,13-16H2,1-3H3. The summed E-state index contributed by atoms with van der Waals surface area (Å²) in [5.41, 5.74) is 1.36. The number of hydrogen-bond acceptors (Lipinski definition) is 5. The van der Waals surface area contributed by atoms with Gasteiger partial charge in [0.15, 0.2) is 0 Å². The van der Waals surface area contributed by atoms with E-state index in [9.17, 15) is 9.59 Å². The van der Waals surface area contributed by atoms with E-state index in [-0.39, 0.29) is 17.8 Å². The molecule has 31 heavy (non-hydrogen) atoms. The van der Waals surface area contributed by atoms with Gasteiger partial charge in [0.25, 0.3) is 5.91 Å². The van der Waals surface area contributed by atoms with E-state index in [0.717, 1.165) is 75.2 Å². The Morgan fingerprint density at radius 3 is 2.39 bits per heavy atom. The van der Waals surface area contributed by atoms with Crippen molar-refractivity contribution >= 4 is 17.6 Å². The summed E-state index contributed by atoms with van der Waals surface area (Å²) in [6.45, 7) is 8.94. The molecule has 4 rings (SSSR count). The van der Waals surface area contributed by atoms with E-state index in [1.807, 2.05) is 43.9 Å². The molecule has 1 aliphatic carbocycles. The van der Waals surface area contributed by atoms with Crippen molar-refractivity contribution in [3.63, 3.8) is 0 Å². The molecule has 3 aliphatic rings. The second kappa shape index (κ2) is 9.09. The number of likely N-dealkylation sites (tertiary alicyclic amines) is 1. The Morgan fingerprint density at radius 1 is 1.00 bits per heavy atom. The second-order valence-corrected chi connectivity index (χ2v) is 10.1. The van der Waals surface area contributed by atoms with Gasteiger partial charge in [-0.05, 0) is 83.9 Å². The predicted octanol–water partition coefficient (Wildman–Crippen LogP) is 4.41. The second-order valence-electron chi connectivity index (χ2n) is 10.1. The molecule has 0 spiro atoms. The number of carbonyl (C=O) groups excluding carboxylic acids is 2. The van der Waals surface area contributed by atoms with Gasteiger partial charge in [-0.25, -0.2) is 0 Å². The maximum absolute atomic E-state index is 12.9. The SMILES string of the molecule is CC(C)(C)OC(=O)C1CCC(N2CCOc3cc(C(=O)N4CCCCC4)ccc32)CC1. The highest BCUT2D eigenvalue weighted by Crippen LogP contribution is 2.38. The molecule has 1 amide bonds. The van der Waals surface area contributed by atoms with Gasteiger partial charge in [0.2, 0.25) is 0 Å². The number of nitrogens with zero attached hydrogens (tertiary/aromatic N) is 2. The van der Waals surface area contributed by atoms with Crippen LogP contribution in [-0.4, -0.2) is 54.7 Å². The molecular formula is C25H36N2O4. The first kappa shape index (κ1) is 22.0. The van der Waals surface area contributed by atoms with Gasteiger partial charge in [-0.3, -0.25) is 9.59 Å². The number of benzene rings is 1. The van der Waals surface area contributed by atoms with Gasteiger partial charge in [0.05, 0.1) is 18.2 Å².